The molecule has 4 heteroatoms. The third-order valence-corrected chi connectivity index (χ3v) is 2.69. The van der Waals surface area contributed by atoms with E-state index in [1.54, 1.807) is 18.2 Å². The molecule has 0 heterocycles. The Bertz CT molecular complexity index is 393. The van der Waals surface area contributed by atoms with Gasteiger partial charge in [0.15, 0.2) is 0 Å². The van der Waals surface area contributed by atoms with Crippen LogP contribution in [0.3, 0.4) is 0 Å². The number of nitrogens with zero attached hydrogens (tertiary/aromatic N) is 1. The molecule has 1 aromatic carbocycles. The highest BCUT2D eigenvalue weighted by molar-refractivity contribution is 9.10. The summed E-state index contributed by atoms with van der Waals surface area (Å²) >= 11 is 9.06. The Morgan fingerprint density at radius 2 is 2.31 bits per heavy atom. The van der Waals surface area contributed by atoms with Gasteiger partial charge in [-0.15, -0.1) is 0 Å². The van der Waals surface area contributed by atoms with Crippen molar-refractivity contribution in [3.63, 3.8) is 0 Å². The van der Waals surface area contributed by atoms with E-state index in [0.29, 0.717) is 10.7 Å². The molecule has 0 aliphatic rings. The first kappa shape index (κ1) is 10.1. The van der Waals surface area contributed by atoms with Crippen LogP contribution in [-0.2, 0) is 0 Å². The number of hydrogen-bond donors (Lipinski definition) is 1. The third-order valence-electron chi connectivity index (χ3n) is 1.47. The van der Waals surface area contributed by atoms with Gasteiger partial charge in [0.1, 0.15) is 0 Å². The summed E-state index contributed by atoms with van der Waals surface area (Å²) in [5, 5.41) is 9.00. The average molecular weight is 258 g/mol. The van der Waals surface area contributed by atoms with Gasteiger partial charge >= 0.3 is 0 Å². The summed E-state index contributed by atoms with van der Waals surface area (Å²) in [4.78, 5) is 0. The molecule has 2 N–H and O–H groups in total. The molecule has 1 rings (SSSR count). The lowest BCUT2D eigenvalue weighted by molar-refractivity contribution is 1.48. The lowest BCUT2D eigenvalue weighted by atomic mass is 10.1. The predicted molar refractivity (Wildman–Crippen MR) is 56.9 cm³/mol. The first-order chi connectivity index (χ1) is 6.15. The highest BCUT2D eigenvalue weighted by atomic mass is 79.9. The first-order valence-electron chi connectivity index (χ1n) is 3.46. The van der Waals surface area contributed by atoms with Gasteiger partial charge in [-0.25, -0.2) is 0 Å². The molecular weight excluding hydrogens is 251 g/mol. The van der Waals surface area contributed by atoms with Crippen LogP contribution in [0.2, 0.25) is 5.02 Å². The van der Waals surface area contributed by atoms with Crippen molar-refractivity contribution < 1.29 is 0 Å². The molecule has 2 nitrogen and oxygen atoms in total. The third kappa shape index (κ3) is 2.48. The minimum absolute atomic E-state index is 0.430. The topological polar surface area (TPSA) is 49.8 Å². The Hall–Kier alpha value is -0.980. The lowest BCUT2D eigenvalue weighted by Gasteiger charge is -2.01. The summed E-state index contributed by atoms with van der Waals surface area (Å²) in [6.07, 6.45) is 1.29. The van der Waals surface area contributed by atoms with Gasteiger partial charge < -0.3 is 5.73 Å². The van der Waals surface area contributed by atoms with Crippen molar-refractivity contribution in [3.8, 4) is 6.07 Å². The minimum atomic E-state index is 0.430. The van der Waals surface area contributed by atoms with E-state index in [-0.39, 0.29) is 0 Å². The van der Waals surface area contributed by atoms with Crippen LogP contribution in [0.25, 0.3) is 5.70 Å². The van der Waals surface area contributed by atoms with E-state index < -0.39 is 0 Å². The summed E-state index contributed by atoms with van der Waals surface area (Å²) in [5.41, 5.74) is 6.81. The molecule has 66 valence electrons. The van der Waals surface area contributed by atoms with Gasteiger partial charge in [0.2, 0.25) is 0 Å². The molecule has 1 aromatic rings. The van der Waals surface area contributed by atoms with Crippen LogP contribution < -0.4 is 5.73 Å². The molecule has 0 spiro atoms. The van der Waals surface area contributed by atoms with E-state index in [1.165, 1.54) is 6.08 Å². The molecule has 0 bridgehead atoms. The number of nitrogens with two attached hydrogens (primary N) is 1. The van der Waals surface area contributed by atoms with Crippen LogP contribution in [0.4, 0.5) is 0 Å². The zero-order chi connectivity index (χ0) is 9.84. The second-order valence-corrected chi connectivity index (χ2v) is 3.62. The van der Waals surface area contributed by atoms with Crippen LogP contribution in [0.15, 0.2) is 28.7 Å². The molecule has 0 aliphatic carbocycles. The molecule has 0 saturated carbocycles. The monoisotopic (exact) mass is 256 g/mol. The summed E-state index contributed by atoms with van der Waals surface area (Å²) in [7, 11) is 0. The fourth-order valence-electron chi connectivity index (χ4n) is 0.829. The number of rotatable bonds is 1. The summed E-state index contributed by atoms with van der Waals surface area (Å²) in [6.45, 7) is 0. The molecule has 0 aromatic heterocycles. The average Bonchev–Trinajstić information content (AvgIpc) is 2.10. The maximum Gasteiger partial charge on any atom is 0.0933 e. The fraction of sp³-hybridized carbons (Fsp3) is 0. The number of halogens is 2. The Morgan fingerprint density at radius 1 is 1.62 bits per heavy atom. The van der Waals surface area contributed by atoms with Gasteiger partial charge in [0.05, 0.1) is 11.1 Å². The highest BCUT2D eigenvalue weighted by Gasteiger charge is 2.00. The zero-order valence-electron chi connectivity index (χ0n) is 6.59. The van der Waals surface area contributed by atoms with E-state index >= 15 is 0 Å². The van der Waals surface area contributed by atoms with Crippen LogP contribution in [0, 0.1) is 11.3 Å². The van der Waals surface area contributed by atoms with Crippen molar-refractivity contribution in [2.45, 2.75) is 0 Å². The molecule has 0 amide bonds. The SMILES string of the molecule is N#C/C=C(/N)c1ccc(Cl)c(Br)c1. The second kappa shape index (κ2) is 4.31. The second-order valence-electron chi connectivity index (χ2n) is 2.36. The Balaban J connectivity index is 3.13. The molecule has 0 fully saturated rings. The van der Waals surface area contributed by atoms with Crippen molar-refractivity contribution in [2.24, 2.45) is 5.73 Å². The molecule has 0 atom stereocenters. The van der Waals surface area contributed by atoms with E-state index in [4.69, 9.17) is 22.6 Å². The number of nitriles is 1. The molecule has 0 saturated heterocycles. The van der Waals surface area contributed by atoms with E-state index in [0.717, 1.165) is 10.0 Å². The molecular formula is C9H6BrClN2. The minimum Gasteiger partial charge on any atom is -0.398 e. The van der Waals surface area contributed by atoms with Crippen molar-refractivity contribution in [2.75, 3.05) is 0 Å². The molecule has 0 unspecified atom stereocenters. The molecule has 0 aliphatic heterocycles. The van der Waals surface area contributed by atoms with E-state index in [9.17, 15) is 0 Å². The molecule has 13 heavy (non-hydrogen) atoms. The first-order valence-corrected chi connectivity index (χ1v) is 4.63. The van der Waals surface area contributed by atoms with E-state index in [1.807, 2.05) is 6.07 Å². The van der Waals surface area contributed by atoms with Crippen molar-refractivity contribution >= 4 is 33.2 Å². The van der Waals surface area contributed by atoms with Gasteiger partial charge in [-0.2, -0.15) is 5.26 Å². The smallest absolute Gasteiger partial charge is 0.0933 e. The van der Waals surface area contributed by atoms with Crippen LogP contribution in [-0.4, -0.2) is 0 Å². The van der Waals surface area contributed by atoms with Gasteiger partial charge in [-0.1, -0.05) is 17.7 Å². The predicted octanol–water partition coefficient (Wildman–Crippen LogP) is 2.93. The van der Waals surface area contributed by atoms with Gasteiger partial charge in [0, 0.05) is 16.2 Å². The Labute approximate surface area is 89.7 Å². The summed E-state index contributed by atoms with van der Waals surface area (Å²) < 4.78 is 0.765. The normalized spacial score (nSPS) is 11.0. The standard InChI is InChI=1S/C9H6BrClN2/c10-7-5-6(1-2-8(7)11)9(13)3-4-12/h1-3,5H,13H2/b9-3+. The maximum atomic E-state index is 8.38. The summed E-state index contributed by atoms with van der Waals surface area (Å²) in [5.74, 6) is 0. The van der Waals surface area contributed by atoms with Crippen molar-refractivity contribution in [3.05, 3.63) is 39.3 Å². The van der Waals surface area contributed by atoms with Crippen molar-refractivity contribution in [1.82, 2.24) is 0 Å². The van der Waals surface area contributed by atoms with Crippen LogP contribution in [0.5, 0.6) is 0 Å². The number of benzene rings is 1. The fourth-order valence-corrected chi connectivity index (χ4v) is 1.32. The van der Waals surface area contributed by atoms with E-state index in [2.05, 4.69) is 15.9 Å². The molecule has 0 radical (unpaired) electrons. The van der Waals surface area contributed by atoms with Crippen molar-refractivity contribution in [1.29, 1.82) is 5.26 Å². The number of hydrogen-bond acceptors (Lipinski definition) is 2. The van der Waals surface area contributed by atoms with Gasteiger partial charge in [-0.05, 0) is 33.6 Å². The largest absolute Gasteiger partial charge is 0.398 e. The summed E-state index contributed by atoms with van der Waals surface area (Å²) in [6, 6.07) is 7.12. The van der Waals surface area contributed by atoms with Crippen LogP contribution in [0.1, 0.15) is 5.56 Å². The van der Waals surface area contributed by atoms with Gasteiger partial charge in [-0.3, -0.25) is 0 Å². The van der Waals surface area contributed by atoms with Gasteiger partial charge in [0.25, 0.3) is 0 Å². The zero-order valence-corrected chi connectivity index (χ0v) is 8.93. The lowest BCUT2D eigenvalue weighted by Crippen LogP contribution is -1.95. The Morgan fingerprint density at radius 3 is 2.85 bits per heavy atom. The van der Waals surface area contributed by atoms with Crippen LogP contribution >= 0.6 is 27.5 Å². The quantitative estimate of drug-likeness (QED) is 0.787. The Kier molecular flexibility index (Phi) is 3.35. The maximum absolute atomic E-state index is 8.38. The number of allylic oxidation sites excluding steroid dienone is 1. The highest BCUT2D eigenvalue weighted by Crippen LogP contribution is 2.24.